The molecule has 1 aromatic heterocycles. The normalized spacial score (nSPS) is 9.00. The van der Waals surface area contributed by atoms with Gasteiger partial charge in [0, 0.05) is 0 Å². The second kappa shape index (κ2) is 5.34. The van der Waals surface area contributed by atoms with Crippen molar-refractivity contribution in [3.63, 3.8) is 0 Å². The summed E-state index contributed by atoms with van der Waals surface area (Å²) in [5.74, 6) is 0. The van der Waals surface area contributed by atoms with Crippen molar-refractivity contribution in [3.8, 4) is 0 Å². The summed E-state index contributed by atoms with van der Waals surface area (Å²) in [5.41, 5.74) is 6.55. The fraction of sp³-hybridized carbons (Fsp3) is 0.200. The highest BCUT2D eigenvalue weighted by molar-refractivity contribution is 7.14. The van der Waals surface area contributed by atoms with E-state index in [0.717, 1.165) is 5.01 Å². The first-order chi connectivity index (χ1) is 6.68. The largest absolute Gasteiger partial charge is 0.374 e. The van der Waals surface area contributed by atoms with E-state index in [9.17, 15) is 0 Å². The van der Waals surface area contributed by atoms with Crippen LogP contribution in [0.5, 0.6) is 0 Å². The third-order valence-corrected chi connectivity index (χ3v) is 2.15. The molecule has 0 spiro atoms. The number of anilines is 1. The van der Waals surface area contributed by atoms with Gasteiger partial charge in [-0.25, -0.2) is 0 Å². The number of aromatic nitrogens is 2. The Kier molecular flexibility index (Phi) is 4.07. The van der Waals surface area contributed by atoms with Gasteiger partial charge in [0.15, 0.2) is 0 Å². The maximum Gasteiger partial charge on any atom is 0.203 e. The van der Waals surface area contributed by atoms with Crippen molar-refractivity contribution in [2.45, 2.75) is 13.8 Å². The van der Waals surface area contributed by atoms with Crippen LogP contribution in [0.3, 0.4) is 0 Å². The van der Waals surface area contributed by atoms with Crippen molar-refractivity contribution >= 4 is 16.5 Å². The summed E-state index contributed by atoms with van der Waals surface area (Å²) in [6.07, 6.45) is 0. The highest BCUT2D eigenvalue weighted by Gasteiger charge is 1.89. The molecule has 2 rings (SSSR count). The van der Waals surface area contributed by atoms with E-state index in [2.05, 4.69) is 29.3 Å². The number of hydrogen-bond acceptors (Lipinski definition) is 4. The zero-order valence-corrected chi connectivity index (χ0v) is 9.08. The molecule has 0 bridgehead atoms. The predicted octanol–water partition coefficient (Wildman–Crippen LogP) is 2.42. The van der Waals surface area contributed by atoms with E-state index < -0.39 is 0 Å². The molecule has 1 aromatic carbocycles. The fourth-order valence-electron chi connectivity index (χ4n) is 0.846. The van der Waals surface area contributed by atoms with Gasteiger partial charge in [-0.15, -0.1) is 10.2 Å². The minimum absolute atomic E-state index is 0.539. The van der Waals surface area contributed by atoms with Crippen molar-refractivity contribution in [2.24, 2.45) is 0 Å². The van der Waals surface area contributed by atoms with Gasteiger partial charge in [0.05, 0.1) is 0 Å². The van der Waals surface area contributed by atoms with Crippen molar-refractivity contribution in [2.75, 3.05) is 5.73 Å². The van der Waals surface area contributed by atoms with Crippen molar-refractivity contribution in [3.05, 3.63) is 40.9 Å². The van der Waals surface area contributed by atoms with E-state index in [1.165, 1.54) is 16.9 Å². The van der Waals surface area contributed by atoms with Gasteiger partial charge in [-0.2, -0.15) is 0 Å². The quantitative estimate of drug-likeness (QED) is 0.721. The summed E-state index contributed by atoms with van der Waals surface area (Å²) in [5, 5.41) is 8.68. The van der Waals surface area contributed by atoms with Crippen LogP contribution in [0, 0.1) is 13.8 Å². The Hall–Kier alpha value is -1.42. The number of aryl methyl sites for hydroxylation is 2. The molecule has 3 nitrogen and oxygen atoms in total. The smallest absolute Gasteiger partial charge is 0.203 e. The average Bonchev–Trinajstić information content (AvgIpc) is 2.52. The summed E-state index contributed by atoms with van der Waals surface area (Å²) in [6.45, 7) is 3.95. The zero-order valence-electron chi connectivity index (χ0n) is 8.27. The Labute approximate surface area is 87.6 Å². The molecular formula is C10H13N3S. The molecule has 2 N–H and O–H groups in total. The SMILES string of the molecule is Cc1ccccc1.Cc1nnc(N)s1. The second-order valence-electron chi connectivity index (χ2n) is 2.81. The standard InChI is InChI=1S/C7H8.C3H5N3S/c1-7-5-3-2-4-6-7;1-2-5-6-3(4)7-2/h2-6H,1H3;1H3,(H2,4,6). The van der Waals surface area contributed by atoms with E-state index in [-0.39, 0.29) is 0 Å². The highest BCUT2D eigenvalue weighted by Crippen LogP contribution is 2.07. The van der Waals surface area contributed by atoms with Gasteiger partial charge in [0.2, 0.25) is 5.13 Å². The summed E-state index contributed by atoms with van der Waals surface area (Å²) in [4.78, 5) is 0. The van der Waals surface area contributed by atoms with E-state index in [4.69, 9.17) is 5.73 Å². The Bertz CT molecular complexity index is 353. The maximum atomic E-state index is 5.22. The molecule has 0 saturated carbocycles. The number of rotatable bonds is 0. The molecule has 0 unspecified atom stereocenters. The Morgan fingerprint density at radius 3 is 1.93 bits per heavy atom. The molecule has 4 heteroatoms. The molecule has 74 valence electrons. The van der Waals surface area contributed by atoms with E-state index >= 15 is 0 Å². The third kappa shape index (κ3) is 4.00. The van der Waals surface area contributed by atoms with Crippen LogP contribution in [0.25, 0.3) is 0 Å². The molecule has 14 heavy (non-hydrogen) atoms. The van der Waals surface area contributed by atoms with E-state index in [1.54, 1.807) is 0 Å². The molecule has 0 fully saturated rings. The van der Waals surface area contributed by atoms with E-state index in [1.807, 2.05) is 25.1 Å². The first-order valence-electron chi connectivity index (χ1n) is 4.25. The lowest BCUT2D eigenvalue weighted by Crippen LogP contribution is -1.79. The Morgan fingerprint density at radius 2 is 1.71 bits per heavy atom. The van der Waals surface area contributed by atoms with Gasteiger partial charge in [0.1, 0.15) is 5.01 Å². The summed E-state index contributed by atoms with van der Waals surface area (Å²) >= 11 is 1.40. The van der Waals surface area contributed by atoms with Crippen LogP contribution in [0.1, 0.15) is 10.6 Å². The third-order valence-electron chi connectivity index (χ3n) is 1.48. The molecule has 0 atom stereocenters. The first kappa shape index (κ1) is 10.7. The van der Waals surface area contributed by atoms with Crippen LogP contribution >= 0.6 is 11.3 Å². The molecular weight excluding hydrogens is 194 g/mol. The Morgan fingerprint density at radius 1 is 1.07 bits per heavy atom. The number of hydrogen-bond donors (Lipinski definition) is 1. The van der Waals surface area contributed by atoms with Crippen LogP contribution in [0.2, 0.25) is 0 Å². The number of nitrogen functional groups attached to an aromatic ring is 1. The molecule has 0 saturated heterocycles. The lowest BCUT2D eigenvalue weighted by atomic mass is 10.2. The molecule has 0 radical (unpaired) electrons. The van der Waals surface area contributed by atoms with Gasteiger partial charge in [0.25, 0.3) is 0 Å². The summed E-state index contributed by atoms with van der Waals surface area (Å²) in [7, 11) is 0. The van der Waals surface area contributed by atoms with Gasteiger partial charge in [-0.1, -0.05) is 47.2 Å². The molecule has 0 aliphatic rings. The number of nitrogens with zero attached hydrogens (tertiary/aromatic N) is 2. The monoisotopic (exact) mass is 207 g/mol. The van der Waals surface area contributed by atoms with Crippen molar-refractivity contribution in [1.82, 2.24) is 10.2 Å². The van der Waals surface area contributed by atoms with Gasteiger partial charge in [-0.3, -0.25) is 0 Å². The summed E-state index contributed by atoms with van der Waals surface area (Å²) < 4.78 is 0. The highest BCUT2D eigenvalue weighted by atomic mass is 32.1. The molecule has 0 amide bonds. The van der Waals surface area contributed by atoms with Crippen molar-refractivity contribution < 1.29 is 0 Å². The van der Waals surface area contributed by atoms with Gasteiger partial charge in [-0.05, 0) is 13.8 Å². The minimum Gasteiger partial charge on any atom is -0.374 e. The lowest BCUT2D eigenvalue weighted by Gasteiger charge is -1.82. The fourth-order valence-corrected chi connectivity index (χ4v) is 1.31. The van der Waals surface area contributed by atoms with Crippen LogP contribution in [-0.2, 0) is 0 Å². The first-order valence-corrected chi connectivity index (χ1v) is 5.07. The van der Waals surface area contributed by atoms with Gasteiger partial charge < -0.3 is 5.73 Å². The Balaban J connectivity index is 0.000000140. The molecule has 0 aliphatic carbocycles. The lowest BCUT2D eigenvalue weighted by molar-refractivity contribution is 1.06. The number of nitrogens with two attached hydrogens (primary N) is 1. The van der Waals surface area contributed by atoms with E-state index in [0.29, 0.717) is 5.13 Å². The topological polar surface area (TPSA) is 51.8 Å². The zero-order chi connectivity index (χ0) is 10.4. The minimum atomic E-state index is 0.539. The van der Waals surface area contributed by atoms with Crippen LogP contribution in [0.15, 0.2) is 30.3 Å². The van der Waals surface area contributed by atoms with Crippen LogP contribution in [0.4, 0.5) is 5.13 Å². The maximum absolute atomic E-state index is 5.22. The predicted molar refractivity (Wildman–Crippen MR) is 60.2 cm³/mol. The van der Waals surface area contributed by atoms with Crippen molar-refractivity contribution in [1.29, 1.82) is 0 Å². The van der Waals surface area contributed by atoms with Crippen LogP contribution < -0.4 is 5.73 Å². The molecule has 2 aromatic rings. The second-order valence-corrected chi connectivity index (χ2v) is 4.03. The van der Waals surface area contributed by atoms with Crippen LogP contribution in [-0.4, -0.2) is 10.2 Å². The molecule has 0 aliphatic heterocycles. The molecule has 1 heterocycles. The van der Waals surface area contributed by atoms with Gasteiger partial charge >= 0.3 is 0 Å². The number of benzene rings is 1. The summed E-state index contributed by atoms with van der Waals surface area (Å²) in [6, 6.07) is 10.3. The average molecular weight is 207 g/mol.